The van der Waals surface area contributed by atoms with Crippen molar-refractivity contribution in [3.8, 4) is 0 Å². The Morgan fingerprint density at radius 2 is 2.25 bits per heavy atom. The van der Waals surface area contributed by atoms with Gasteiger partial charge in [0.2, 0.25) is 0 Å². The molecule has 3 rings (SSSR count). The van der Waals surface area contributed by atoms with E-state index in [1.54, 1.807) is 21.1 Å². The molecule has 1 N–H and O–H groups in total. The van der Waals surface area contributed by atoms with Crippen LogP contribution in [0.25, 0.3) is 0 Å². The predicted molar refractivity (Wildman–Crippen MR) is 91.4 cm³/mol. The summed E-state index contributed by atoms with van der Waals surface area (Å²) >= 11 is 1.55. The molecular weight excluding hydrogens is 330 g/mol. The van der Waals surface area contributed by atoms with Crippen molar-refractivity contribution in [2.75, 3.05) is 44.4 Å². The summed E-state index contributed by atoms with van der Waals surface area (Å²) in [6, 6.07) is 1.86. The Morgan fingerprint density at radius 3 is 2.96 bits per heavy atom. The zero-order valence-corrected chi connectivity index (χ0v) is 14.8. The van der Waals surface area contributed by atoms with E-state index in [9.17, 15) is 9.59 Å². The van der Waals surface area contributed by atoms with Crippen molar-refractivity contribution in [3.05, 3.63) is 16.8 Å². The Kier molecular flexibility index (Phi) is 5.07. The Bertz CT molecular complexity index is 592. The van der Waals surface area contributed by atoms with Gasteiger partial charge in [-0.05, 0) is 25.3 Å². The number of urea groups is 1. The van der Waals surface area contributed by atoms with E-state index >= 15 is 0 Å². The molecule has 2 aliphatic heterocycles. The number of rotatable bonds is 2. The summed E-state index contributed by atoms with van der Waals surface area (Å²) in [6.07, 6.45) is 0. The Hall–Kier alpha value is -1.64. The zero-order valence-electron chi connectivity index (χ0n) is 14.0. The number of carbonyl (C=O) groups excluding carboxylic acids is 2. The van der Waals surface area contributed by atoms with Crippen molar-refractivity contribution in [2.45, 2.75) is 25.5 Å². The van der Waals surface area contributed by atoms with Crippen molar-refractivity contribution < 1.29 is 19.1 Å². The molecular formula is C16H23N3O4S. The highest BCUT2D eigenvalue weighted by molar-refractivity contribution is 7.08. The first-order valence-electron chi connectivity index (χ1n) is 8.09. The number of nitrogens with one attached hydrogen (secondary N) is 1. The SMILES string of the molecule is CC(C)NC(=O)N1CCOC[C@]2(C1)CN(c1ccsc1)C(=O)CO2. The molecule has 7 nitrogen and oxygen atoms in total. The first kappa shape index (κ1) is 17.2. The van der Waals surface area contributed by atoms with Gasteiger partial charge in [0.15, 0.2) is 0 Å². The Balaban J connectivity index is 1.77. The summed E-state index contributed by atoms with van der Waals surface area (Å²) in [4.78, 5) is 28.1. The van der Waals surface area contributed by atoms with E-state index < -0.39 is 5.60 Å². The summed E-state index contributed by atoms with van der Waals surface area (Å²) in [6.45, 7) is 5.98. The molecule has 0 aliphatic carbocycles. The van der Waals surface area contributed by atoms with Crippen LogP contribution in [0, 0.1) is 0 Å². The molecule has 2 aliphatic rings. The normalized spacial score (nSPS) is 25.2. The maximum absolute atomic E-state index is 12.4. The van der Waals surface area contributed by atoms with Crippen molar-refractivity contribution >= 4 is 29.0 Å². The van der Waals surface area contributed by atoms with Gasteiger partial charge >= 0.3 is 6.03 Å². The van der Waals surface area contributed by atoms with Gasteiger partial charge in [0.25, 0.3) is 5.91 Å². The van der Waals surface area contributed by atoms with E-state index in [0.717, 1.165) is 5.69 Å². The second kappa shape index (κ2) is 7.08. The summed E-state index contributed by atoms with van der Waals surface area (Å²) in [5, 5.41) is 6.79. The highest BCUT2D eigenvalue weighted by Gasteiger charge is 2.44. The molecule has 1 atom stereocenters. The van der Waals surface area contributed by atoms with Crippen LogP contribution in [-0.2, 0) is 14.3 Å². The fourth-order valence-electron chi connectivity index (χ4n) is 2.96. The number of thiophene rings is 1. The molecule has 0 bridgehead atoms. The van der Waals surface area contributed by atoms with Gasteiger partial charge in [-0.15, -0.1) is 0 Å². The van der Waals surface area contributed by atoms with E-state index in [2.05, 4.69) is 5.32 Å². The lowest BCUT2D eigenvalue weighted by Gasteiger charge is -2.42. The van der Waals surface area contributed by atoms with Crippen LogP contribution in [0.2, 0.25) is 0 Å². The topological polar surface area (TPSA) is 71.1 Å². The molecule has 3 heterocycles. The van der Waals surface area contributed by atoms with E-state index in [-0.39, 0.29) is 24.6 Å². The molecule has 3 amide bonds. The fourth-order valence-corrected chi connectivity index (χ4v) is 3.60. The van der Waals surface area contributed by atoms with Crippen molar-refractivity contribution in [3.63, 3.8) is 0 Å². The number of ether oxygens (including phenoxy) is 2. The van der Waals surface area contributed by atoms with Crippen LogP contribution in [0.3, 0.4) is 0 Å². The average Bonchev–Trinajstić information content (AvgIpc) is 2.98. The standard InChI is InChI=1S/C16H23N3O4S/c1-12(2)17-15(21)18-4-5-22-11-16(9-18)10-19(14(20)7-23-16)13-3-6-24-8-13/h3,6,8,12H,4-5,7,9-11H2,1-2H3,(H,17,21)/t16-/m0/s1. The lowest BCUT2D eigenvalue weighted by Crippen LogP contribution is -2.62. The zero-order chi connectivity index (χ0) is 17.2. The lowest BCUT2D eigenvalue weighted by molar-refractivity contribution is -0.145. The van der Waals surface area contributed by atoms with Crippen LogP contribution in [0.4, 0.5) is 10.5 Å². The van der Waals surface area contributed by atoms with Gasteiger partial charge < -0.3 is 24.6 Å². The van der Waals surface area contributed by atoms with E-state index in [1.165, 1.54) is 0 Å². The maximum atomic E-state index is 12.4. The Labute approximate surface area is 145 Å². The monoisotopic (exact) mass is 353 g/mol. The first-order chi connectivity index (χ1) is 11.5. The molecule has 0 saturated carbocycles. The minimum atomic E-state index is -0.694. The van der Waals surface area contributed by atoms with E-state index in [4.69, 9.17) is 9.47 Å². The third kappa shape index (κ3) is 3.71. The van der Waals surface area contributed by atoms with Gasteiger partial charge in [-0.2, -0.15) is 11.3 Å². The van der Waals surface area contributed by atoms with Crippen LogP contribution in [0.5, 0.6) is 0 Å². The summed E-state index contributed by atoms with van der Waals surface area (Å²) < 4.78 is 11.6. The Morgan fingerprint density at radius 1 is 1.42 bits per heavy atom. The van der Waals surface area contributed by atoms with Crippen molar-refractivity contribution in [1.29, 1.82) is 0 Å². The second-order valence-corrected chi connectivity index (χ2v) is 7.29. The molecule has 1 aromatic heterocycles. The third-order valence-electron chi connectivity index (χ3n) is 4.12. The molecule has 2 saturated heterocycles. The number of amides is 3. The molecule has 0 unspecified atom stereocenters. The van der Waals surface area contributed by atoms with E-state index in [0.29, 0.717) is 32.8 Å². The number of carbonyl (C=O) groups is 2. The summed E-state index contributed by atoms with van der Waals surface area (Å²) in [5.41, 5.74) is 0.177. The third-order valence-corrected chi connectivity index (χ3v) is 4.79. The minimum absolute atomic E-state index is 0.00114. The molecule has 1 spiro atoms. The smallest absolute Gasteiger partial charge is 0.317 e. The summed E-state index contributed by atoms with van der Waals surface area (Å²) in [7, 11) is 0. The molecule has 2 fully saturated rings. The van der Waals surface area contributed by atoms with Gasteiger partial charge in [-0.1, -0.05) is 0 Å². The number of morpholine rings is 1. The van der Waals surface area contributed by atoms with Crippen LogP contribution < -0.4 is 10.2 Å². The number of nitrogens with zero attached hydrogens (tertiary/aromatic N) is 2. The van der Waals surface area contributed by atoms with Gasteiger partial charge in [0.1, 0.15) is 12.2 Å². The largest absolute Gasteiger partial charge is 0.376 e. The highest BCUT2D eigenvalue weighted by atomic mass is 32.1. The van der Waals surface area contributed by atoms with Crippen LogP contribution >= 0.6 is 11.3 Å². The van der Waals surface area contributed by atoms with Crippen LogP contribution in [-0.4, -0.2) is 67.9 Å². The quantitative estimate of drug-likeness (QED) is 0.870. The number of anilines is 1. The van der Waals surface area contributed by atoms with Gasteiger partial charge in [-0.3, -0.25) is 4.79 Å². The predicted octanol–water partition coefficient (Wildman–Crippen LogP) is 1.30. The maximum Gasteiger partial charge on any atom is 0.317 e. The molecule has 8 heteroatoms. The molecule has 24 heavy (non-hydrogen) atoms. The second-order valence-electron chi connectivity index (χ2n) is 6.51. The summed E-state index contributed by atoms with van der Waals surface area (Å²) in [5.74, 6) is -0.0681. The number of hydrogen-bond donors (Lipinski definition) is 1. The molecule has 0 aromatic carbocycles. The van der Waals surface area contributed by atoms with Gasteiger partial charge in [0.05, 0.1) is 32.0 Å². The van der Waals surface area contributed by atoms with Crippen molar-refractivity contribution in [2.24, 2.45) is 0 Å². The van der Waals surface area contributed by atoms with Gasteiger partial charge in [0, 0.05) is 18.0 Å². The van der Waals surface area contributed by atoms with Gasteiger partial charge in [-0.25, -0.2) is 4.79 Å². The lowest BCUT2D eigenvalue weighted by atomic mass is 10.0. The highest BCUT2D eigenvalue weighted by Crippen LogP contribution is 2.28. The number of hydrogen-bond acceptors (Lipinski definition) is 5. The van der Waals surface area contributed by atoms with Crippen LogP contribution in [0.1, 0.15) is 13.8 Å². The average molecular weight is 353 g/mol. The van der Waals surface area contributed by atoms with Crippen molar-refractivity contribution in [1.82, 2.24) is 10.2 Å². The molecule has 132 valence electrons. The fraction of sp³-hybridized carbons (Fsp3) is 0.625. The molecule has 1 aromatic rings. The first-order valence-corrected chi connectivity index (χ1v) is 9.03. The molecule has 0 radical (unpaired) electrons. The van der Waals surface area contributed by atoms with Crippen LogP contribution in [0.15, 0.2) is 16.8 Å². The minimum Gasteiger partial charge on any atom is -0.376 e. The van der Waals surface area contributed by atoms with E-state index in [1.807, 2.05) is 30.7 Å².